The molecule has 1 heterocycles. The summed E-state index contributed by atoms with van der Waals surface area (Å²) in [6.45, 7) is 4.61. The Bertz CT molecular complexity index is 609. The molecule has 2 rings (SSSR count). The predicted octanol–water partition coefficient (Wildman–Crippen LogP) is 2.55. The SMILES string of the molecule is CCCCNCCn1cnc2ccc(Br)cc2c1=O. The van der Waals surface area contributed by atoms with Crippen molar-refractivity contribution in [1.82, 2.24) is 14.9 Å². The fourth-order valence-electron chi connectivity index (χ4n) is 1.92. The Morgan fingerprint density at radius 2 is 2.21 bits per heavy atom. The van der Waals surface area contributed by atoms with Gasteiger partial charge < -0.3 is 5.32 Å². The molecule has 0 aliphatic carbocycles. The Morgan fingerprint density at radius 3 is 3.00 bits per heavy atom. The van der Waals surface area contributed by atoms with E-state index in [-0.39, 0.29) is 5.56 Å². The highest BCUT2D eigenvalue weighted by Gasteiger charge is 2.04. The minimum Gasteiger partial charge on any atom is -0.315 e. The number of halogens is 1. The molecule has 0 spiro atoms. The van der Waals surface area contributed by atoms with Gasteiger partial charge in [0.15, 0.2) is 0 Å². The van der Waals surface area contributed by atoms with Crippen LogP contribution in [0.25, 0.3) is 10.9 Å². The molecule has 0 unspecified atom stereocenters. The molecule has 4 nitrogen and oxygen atoms in total. The van der Waals surface area contributed by atoms with Crippen molar-refractivity contribution in [3.8, 4) is 0 Å². The van der Waals surface area contributed by atoms with Gasteiger partial charge in [-0.1, -0.05) is 29.3 Å². The van der Waals surface area contributed by atoms with Crippen LogP contribution in [0.15, 0.2) is 33.8 Å². The summed E-state index contributed by atoms with van der Waals surface area (Å²) in [5.74, 6) is 0. The molecule has 0 aliphatic heterocycles. The van der Waals surface area contributed by atoms with Gasteiger partial charge in [-0.3, -0.25) is 9.36 Å². The zero-order valence-corrected chi connectivity index (χ0v) is 12.6. The van der Waals surface area contributed by atoms with Gasteiger partial charge in [-0.25, -0.2) is 4.98 Å². The van der Waals surface area contributed by atoms with Crippen molar-refractivity contribution in [2.75, 3.05) is 13.1 Å². The Hall–Kier alpha value is -1.20. The predicted molar refractivity (Wildman–Crippen MR) is 81.5 cm³/mol. The molecule has 0 fully saturated rings. The third kappa shape index (κ3) is 3.64. The minimum atomic E-state index is 0.0172. The van der Waals surface area contributed by atoms with E-state index in [2.05, 4.69) is 33.2 Å². The summed E-state index contributed by atoms with van der Waals surface area (Å²) in [6, 6.07) is 5.57. The Balaban J connectivity index is 2.11. The Labute approximate surface area is 121 Å². The van der Waals surface area contributed by atoms with Crippen LogP contribution in [0.2, 0.25) is 0 Å². The fraction of sp³-hybridized carbons (Fsp3) is 0.429. The quantitative estimate of drug-likeness (QED) is 0.831. The lowest BCUT2D eigenvalue weighted by molar-refractivity contribution is 0.568. The maximum absolute atomic E-state index is 12.3. The second-order valence-electron chi connectivity index (χ2n) is 4.51. The second kappa shape index (κ2) is 6.82. The number of fused-ring (bicyclic) bond motifs is 1. The molecule has 2 aromatic rings. The number of nitrogens with zero attached hydrogens (tertiary/aromatic N) is 2. The van der Waals surface area contributed by atoms with Gasteiger partial charge >= 0.3 is 0 Å². The van der Waals surface area contributed by atoms with Crippen molar-refractivity contribution < 1.29 is 0 Å². The van der Waals surface area contributed by atoms with Gasteiger partial charge in [-0.05, 0) is 31.2 Å². The first-order valence-electron chi connectivity index (χ1n) is 6.58. The van der Waals surface area contributed by atoms with Gasteiger partial charge in [0, 0.05) is 17.6 Å². The van der Waals surface area contributed by atoms with Gasteiger partial charge in [0.1, 0.15) is 0 Å². The van der Waals surface area contributed by atoms with Crippen molar-refractivity contribution >= 4 is 26.8 Å². The zero-order chi connectivity index (χ0) is 13.7. The van der Waals surface area contributed by atoms with Crippen LogP contribution >= 0.6 is 15.9 Å². The van der Waals surface area contributed by atoms with Gasteiger partial charge in [0.2, 0.25) is 0 Å². The van der Waals surface area contributed by atoms with E-state index in [1.165, 1.54) is 6.42 Å². The average Bonchev–Trinajstić information content (AvgIpc) is 2.41. The summed E-state index contributed by atoms with van der Waals surface area (Å²) in [5.41, 5.74) is 0.756. The van der Waals surface area contributed by atoms with E-state index >= 15 is 0 Å². The van der Waals surface area contributed by atoms with E-state index in [0.717, 1.165) is 29.5 Å². The first kappa shape index (κ1) is 14.2. The van der Waals surface area contributed by atoms with Crippen LogP contribution in [-0.4, -0.2) is 22.6 Å². The minimum absolute atomic E-state index is 0.0172. The molecule has 0 atom stereocenters. The van der Waals surface area contributed by atoms with Crippen molar-refractivity contribution in [1.29, 1.82) is 0 Å². The summed E-state index contributed by atoms with van der Waals surface area (Å²) in [7, 11) is 0. The molecule has 0 saturated heterocycles. The van der Waals surface area contributed by atoms with E-state index in [1.54, 1.807) is 10.9 Å². The van der Waals surface area contributed by atoms with Gasteiger partial charge in [-0.15, -0.1) is 0 Å². The summed E-state index contributed by atoms with van der Waals surface area (Å²) in [5, 5.41) is 3.98. The summed E-state index contributed by atoms with van der Waals surface area (Å²) in [4.78, 5) is 16.6. The van der Waals surface area contributed by atoms with Crippen LogP contribution in [0.1, 0.15) is 19.8 Å². The van der Waals surface area contributed by atoms with Gasteiger partial charge in [0.25, 0.3) is 5.56 Å². The summed E-state index contributed by atoms with van der Waals surface area (Å²) < 4.78 is 2.56. The molecular weight excluding hydrogens is 306 g/mol. The standard InChI is InChI=1S/C14H18BrN3O/c1-2-3-6-16-7-8-18-10-17-13-5-4-11(15)9-12(13)14(18)19/h4-5,9-10,16H,2-3,6-8H2,1H3. The molecule has 0 saturated carbocycles. The molecule has 1 N–H and O–H groups in total. The number of aromatic nitrogens is 2. The van der Waals surface area contributed by atoms with Crippen LogP contribution < -0.4 is 10.9 Å². The molecule has 0 aliphatic rings. The Morgan fingerprint density at radius 1 is 1.37 bits per heavy atom. The third-order valence-corrected chi connectivity index (χ3v) is 3.52. The van der Waals surface area contributed by atoms with Crippen molar-refractivity contribution in [3.63, 3.8) is 0 Å². The van der Waals surface area contributed by atoms with Crippen molar-refractivity contribution in [2.45, 2.75) is 26.3 Å². The van der Waals surface area contributed by atoms with E-state index in [1.807, 2.05) is 18.2 Å². The van der Waals surface area contributed by atoms with E-state index in [4.69, 9.17) is 0 Å². The maximum atomic E-state index is 12.3. The molecular formula is C14H18BrN3O. The number of unbranched alkanes of at least 4 members (excludes halogenated alkanes) is 1. The van der Waals surface area contributed by atoms with Crippen LogP contribution in [0.3, 0.4) is 0 Å². The monoisotopic (exact) mass is 323 g/mol. The van der Waals surface area contributed by atoms with Crippen molar-refractivity contribution in [2.24, 2.45) is 0 Å². The highest BCUT2D eigenvalue weighted by atomic mass is 79.9. The molecule has 0 bridgehead atoms. The zero-order valence-electron chi connectivity index (χ0n) is 11.0. The number of hydrogen-bond donors (Lipinski definition) is 1. The first-order valence-corrected chi connectivity index (χ1v) is 7.37. The van der Waals surface area contributed by atoms with Gasteiger partial charge in [-0.2, -0.15) is 0 Å². The van der Waals surface area contributed by atoms with Crippen LogP contribution in [0.5, 0.6) is 0 Å². The maximum Gasteiger partial charge on any atom is 0.261 e. The smallest absolute Gasteiger partial charge is 0.261 e. The lowest BCUT2D eigenvalue weighted by Crippen LogP contribution is -2.27. The number of hydrogen-bond acceptors (Lipinski definition) is 3. The van der Waals surface area contributed by atoms with Crippen LogP contribution in [0, 0.1) is 0 Å². The highest BCUT2D eigenvalue weighted by Crippen LogP contribution is 2.14. The van der Waals surface area contributed by atoms with E-state index in [0.29, 0.717) is 11.9 Å². The summed E-state index contributed by atoms with van der Waals surface area (Å²) in [6.07, 6.45) is 3.97. The third-order valence-electron chi connectivity index (χ3n) is 3.02. The van der Waals surface area contributed by atoms with Crippen molar-refractivity contribution in [3.05, 3.63) is 39.4 Å². The largest absolute Gasteiger partial charge is 0.315 e. The number of rotatable bonds is 6. The molecule has 0 amide bonds. The molecule has 5 heteroatoms. The normalized spacial score (nSPS) is 11.1. The topological polar surface area (TPSA) is 46.9 Å². The van der Waals surface area contributed by atoms with E-state index < -0.39 is 0 Å². The lowest BCUT2D eigenvalue weighted by atomic mass is 10.2. The van der Waals surface area contributed by atoms with Crippen LogP contribution in [-0.2, 0) is 6.54 Å². The molecule has 102 valence electrons. The first-order chi connectivity index (χ1) is 9.22. The van der Waals surface area contributed by atoms with E-state index in [9.17, 15) is 4.79 Å². The molecule has 1 aromatic carbocycles. The summed E-state index contributed by atoms with van der Waals surface area (Å²) >= 11 is 3.38. The number of benzene rings is 1. The lowest BCUT2D eigenvalue weighted by Gasteiger charge is -2.07. The molecule has 0 radical (unpaired) electrons. The van der Waals surface area contributed by atoms with Gasteiger partial charge in [0.05, 0.1) is 17.2 Å². The fourth-order valence-corrected chi connectivity index (χ4v) is 2.28. The second-order valence-corrected chi connectivity index (χ2v) is 5.42. The Kier molecular flexibility index (Phi) is 5.10. The molecule has 19 heavy (non-hydrogen) atoms. The highest BCUT2D eigenvalue weighted by molar-refractivity contribution is 9.10. The van der Waals surface area contributed by atoms with Crippen LogP contribution in [0.4, 0.5) is 0 Å². The average molecular weight is 324 g/mol. The molecule has 1 aromatic heterocycles. The number of nitrogens with one attached hydrogen (secondary N) is 1.